The molecule has 12 heteroatoms. The zero-order chi connectivity index (χ0) is 33.8. The summed E-state index contributed by atoms with van der Waals surface area (Å²) in [4.78, 5) is 24.0. The van der Waals surface area contributed by atoms with Gasteiger partial charge in [0.2, 0.25) is 5.91 Å². The summed E-state index contributed by atoms with van der Waals surface area (Å²) in [6.45, 7) is 7.19. The Hall–Kier alpha value is -4.84. The van der Waals surface area contributed by atoms with Crippen molar-refractivity contribution >= 4 is 29.8 Å². The first-order valence-corrected chi connectivity index (χ1v) is 15.3. The molecule has 1 atom stereocenters. The average Bonchev–Trinajstić information content (AvgIpc) is 3.06. The first-order chi connectivity index (χ1) is 22.7. The molecule has 4 aromatic rings. The van der Waals surface area contributed by atoms with Crippen molar-refractivity contribution in [2.75, 3.05) is 25.1 Å². The second-order valence-electron chi connectivity index (χ2n) is 10.7. The number of halogens is 1. The van der Waals surface area contributed by atoms with E-state index in [0.717, 1.165) is 44.9 Å². The molecule has 1 unspecified atom stereocenters. The highest BCUT2D eigenvalue weighted by atomic mass is 35.5. The molecule has 248 valence electrons. The molecule has 0 fully saturated rings. The zero-order valence-corrected chi connectivity index (χ0v) is 27.2. The molecule has 3 aromatic carbocycles. The summed E-state index contributed by atoms with van der Waals surface area (Å²) in [5.41, 5.74) is 5.86. The molecule has 5 rings (SSSR count). The van der Waals surface area contributed by atoms with Crippen LogP contribution in [0.5, 0.6) is 23.0 Å². The molecule has 1 aromatic heterocycles. The highest BCUT2D eigenvalue weighted by molar-refractivity contribution is 6.32. The lowest BCUT2D eigenvalue weighted by molar-refractivity contribution is -0.123. The maximum Gasteiger partial charge on any atom is 0.290 e. The van der Waals surface area contributed by atoms with Crippen LogP contribution in [0, 0.1) is 6.92 Å². The zero-order valence-electron chi connectivity index (χ0n) is 26.4. The quantitative estimate of drug-likeness (QED) is 0.138. The Morgan fingerprint density at radius 3 is 2.51 bits per heavy atom. The van der Waals surface area contributed by atoms with Crippen LogP contribution in [0.4, 0.5) is 5.82 Å². The van der Waals surface area contributed by atoms with Crippen LogP contribution in [0.25, 0.3) is 11.1 Å². The van der Waals surface area contributed by atoms with Gasteiger partial charge in [-0.1, -0.05) is 35.9 Å². The van der Waals surface area contributed by atoms with Gasteiger partial charge in [-0.2, -0.15) is 0 Å². The lowest BCUT2D eigenvalue weighted by atomic mass is 9.96. The summed E-state index contributed by atoms with van der Waals surface area (Å²) in [6.07, 6.45) is 1.62. The number of aliphatic hydroxyl groups is 1. The van der Waals surface area contributed by atoms with Crippen LogP contribution in [-0.2, 0) is 29.3 Å². The molecular weight excluding hydrogens is 626 g/mol. The van der Waals surface area contributed by atoms with Gasteiger partial charge in [-0.05, 0) is 72.0 Å². The number of pyridine rings is 1. The predicted molar refractivity (Wildman–Crippen MR) is 178 cm³/mol. The molecule has 0 bridgehead atoms. The fourth-order valence-electron chi connectivity index (χ4n) is 4.80. The number of carboxylic acid groups (broad SMARTS) is 1. The maximum atomic E-state index is 11.5. The number of hydrogen-bond acceptors (Lipinski definition) is 9. The normalized spacial score (nSPS) is 12.3. The van der Waals surface area contributed by atoms with Crippen molar-refractivity contribution < 1.29 is 38.7 Å². The van der Waals surface area contributed by atoms with E-state index >= 15 is 0 Å². The number of fused-ring (bicyclic) bond motifs is 1. The van der Waals surface area contributed by atoms with Crippen LogP contribution in [0.2, 0.25) is 5.02 Å². The highest BCUT2D eigenvalue weighted by Gasteiger charge is 2.16. The molecule has 1 aliphatic rings. The van der Waals surface area contributed by atoms with Gasteiger partial charge in [0.1, 0.15) is 43.7 Å². The Morgan fingerprint density at radius 2 is 1.77 bits per heavy atom. The van der Waals surface area contributed by atoms with Gasteiger partial charge in [-0.25, -0.2) is 4.98 Å². The molecule has 47 heavy (non-hydrogen) atoms. The van der Waals surface area contributed by atoms with Crippen LogP contribution in [0.1, 0.15) is 36.1 Å². The second kappa shape index (κ2) is 17.2. The van der Waals surface area contributed by atoms with Gasteiger partial charge in [0.05, 0.1) is 11.6 Å². The number of amides is 1. The number of carbonyl (C=O) groups excluding carboxylic acids is 1. The molecule has 1 amide bonds. The van der Waals surface area contributed by atoms with Gasteiger partial charge in [0.15, 0.2) is 11.5 Å². The number of hydrogen-bond donors (Lipinski definition) is 4. The highest BCUT2D eigenvalue weighted by Crippen LogP contribution is 2.37. The average molecular weight is 664 g/mol. The van der Waals surface area contributed by atoms with Crippen LogP contribution in [0.3, 0.4) is 0 Å². The number of ether oxygens (including phenoxy) is 4. The van der Waals surface area contributed by atoms with Crippen LogP contribution in [0.15, 0.2) is 66.9 Å². The number of nitrogens with zero attached hydrogens (tertiary/aromatic N) is 1. The summed E-state index contributed by atoms with van der Waals surface area (Å²) >= 11 is 6.71. The fraction of sp³-hybridized carbons (Fsp3) is 0.286. The van der Waals surface area contributed by atoms with E-state index in [1.54, 1.807) is 18.3 Å². The van der Waals surface area contributed by atoms with E-state index in [9.17, 15) is 9.90 Å². The Kier molecular flexibility index (Phi) is 12.8. The molecular formula is C35H38ClN3O8. The van der Waals surface area contributed by atoms with Gasteiger partial charge in [-0.15, -0.1) is 0 Å². The van der Waals surface area contributed by atoms with Crippen molar-refractivity contribution in [1.29, 1.82) is 0 Å². The largest absolute Gasteiger partial charge is 0.488 e. The Balaban J connectivity index is 0.00000160. The Morgan fingerprint density at radius 1 is 1.02 bits per heavy atom. The number of benzene rings is 3. The molecule has 11 nitrogen and oxygen atoms in total. The van der Waals surface area contributed by atoms with Crippen molar-refractivity contribution in [3.8, 4) is 34.1 Å². The number of anilines is 1. The molecule has 1 aliphatic heterocycles. The van der Waals surface area contributed by atoms with E-state index in [1.807, 2.05) is 49.4 Å². The minimum atomic E-state index is -0.250. The van der Waals surface area contributed by atoms with E-state index in [1.165, 1.54) is 6.92 Å². The van der Waals surface area contributed by atoms with E-state index in [0.29, 0.717) is 48.7 Å². The first kappa shape index (κ1) is 35.0. The van der Waals surface area contributed by atoms with Crippen molar-refractivity contribution in [3.63, 3.8) is 0 Å². The number of rotatable bonds is 12. The van der Waals surface area contributed by atoms with Gasteiger partial charge in [-0.3, -0.25) is 9.59 Å². The number of aliphatic hydroxyl groups excluding tert-OH is 1. The third-order valence-corrected chi connectivity index (χ3v) is 7.53. The van der Waals surface area contributed by atoms with Gasteiger partial charge in [0, 0.05) is 37.3 Å². The van der Waals surface area contributed by atoms with Crippen molar-refractivity contribution in [2.24, 2.45) is 0 Å². The van der Waals surface area contributed by atoms with Crippen LogP contribution in [-0.4, -0.2) is 53.4 Å². The number of nitrogens with one attached hydrogen (secondary N) is 2. The summed E-state index contributed by atoms with van der Waals surface area (Å²) in [5.74, 6) is 2.82. The Labute approximate surface area is 278 Å². The third kappa shape index (κ3) is 9.82. The standard InChI is InChI=1S/C34H36ClN3O6.CH2O2/c1-21(18-39)37-17-27-14-29(35)32(16-31(27)43-19-24-9-10-36-34(13-24)38-23(3)40)44-20-26-5-4-6-28(22(26)2)25-7-8-30-33(15-25)42-12-11-41-30;2-1-3/h4-10,13-16,21,37,39H,11-12,17-20H2,1-3H3,(H,36,38,40);1H,(H,2,3). The molecule has 4 N–H and O–H groups in total. The molecule has 0 radical (unpaired) electrons. The fourth-order valence-corrected chi connectivity index (χ4v) is 5.04. The number of aromatic nitrogens is 1. The van der Waals surface area contributed by atoms with Crippen molar-refractivity contribution in [2.45, 2.75) is 46.6 Å². The first-order valence-electron chi connectivity index (χ1n) is 14.9. The van der Waals surface area contributed by atoms with E-state index in [4.69, 9.17) is 40.4 Å². The smallest absolute Gasteiger partial charge is 0.290 e. The van der Waals surface area contributed by atoms with Gasteiger partial charge >= 0.3 is 0 Å². The molecule has 2 heterocycles. The van der Waals surface area contributed by atoms with Gasteiger partial charge in [0.25, 0.3) is 6.47 Å². The van der Waals surface area contributed by atoms with Crippen LogP contribution >= 0.6 is 11.6 Å². The number of carbonyl (C=O) groups is 2. The maximum absolute atomic E-state index is 11.5. The van der Waals surface area contributed by atoms with Gasteiger partial charge < -0.3 is 39.8 Å². The summed E-state index contributed by atoms with van der Waals surface area (Å²) in [5, 5.41) is 22.8. The molecule has 0 aliphatic carbocycles. The van der Waals surface area contributed by atoms with Crippen molar-refractivity contribution in [1.82, 2.24) is 10.3 Å². The van der Waals surface area contributed by atoms with E-state index < -0.39 is 0 Å². The third-order valence-electron chi connectivity index (χ3n) is 7.23. The molecule has 0 spiro atoms. The monoisotopic (exact) mass is 663 g/mol. The summed E-state index contributed by atoms with van der Waals surface area (Å²) in [6, 6.07) is 19.2. The van der Waals surface area contributed by atoms with Crippen LogP contribution < -0.4 is 29.6 Å². The van der Waals surface area contributed by atoms with E-state index in [-0.39, 0.29) is 31.6 Å². The molecule has 0 saturated carbocycles. The lowest BCUT2D eigenvalue weighted by Gasteiger charge is -2.20. The minimum absolute atomic E-state index is 0.00126. The predicted octanol–water partition coefficient (Wildman–Crippen LogP) is 5.77. The van der Waals surface area contributed by atoms with E-state index in [2.05, 4.69) is 28.6 Å². The molecule has 0 saturated heterocycles. The minimum Gasteiger partial charge on any atom is -0.488 e. The SMILES string of the molecule is CC(=O)Nc1cc(COc2cc(OCc3cccc(-c4ccc5c(c4)OCCO5)c3C)c(Cl)cc2CNC(C)CO)ccn1.O=CO. The summed E-state index contributed by atoms with van der Waals surface area (Å²) in [7, 11) is 0. The second-order valence-corrected chi connectivity index (χ2v) is 11.1. The summed E-state index contributed by atoms with van der Waals surface area (Å²) < 4.78 is 24.0. The van der Waals surface area contributed by atoms with Crippen molar-refractivity contribution in [3.05, 3.63) is 94.1 Å². The lowest BCUT2D eigenvalue weighted by Crippen LogP contribution is -2.28. The topological polar surface area (TPSA) is 148 Å². The Bertz CT molecular complexity index is 1680.